The van der Waals surface area contributed by atoms with Gasteiger partial charge in [0.2, 0.25) is 5.91 Å². The monoisotopic (exact) mass is 459 g/mol. The second-order valence-corrected chi connectivity index (χ2v) is 9.61. The Balaban J connectivity index is 1.50. The van der Waals surface area contributed by atoms with Gasteiger partial charge in [0, 0.05) is 11.3 Å². The number of thioether (sulfide) groups is 1. The van der Waals surface area contributed by atoms with Gasteiger partial charge in [-0.1, -0.05) is 47.1 Å². The number of nitrogens with one attached hydrogen (secondary N) is 1. The summed E-state index contributed by atoms with van der Waals surface area (Å²) in [6.07, 6.45) is 4.12. The van der Waals surface area contributed by atoms with E-state index in [2.05, 4.69) is 12.2 Å². The van der Waals surface area contributed by atoms with Crippen LogP contribution in [0.1, 0.15) is 42.4 Å². The zero-order valence-electron chi connectivity index (χ0n) is 17.0. The molecule has 1 saturated carbocycles. The molecule has 1 amide bonds. The zero-order chi connectivity index (χ0) is 21.3. The van der Waals surface area contributed by atoms with E-state index in [1.165, 1.54) is 17.3 Å². The fourth-order valence-electron chi connectivity index (χ4n) is 3.77. The molecule has 30 heavy (non-hydrogen) atoms. The Labute approximate surface area is 191 Å². The molecule has 1 heterocycles. The van der Waals surface area contributed by atoms with E-state index in [4.69, 9.17) is 33.2 Å². The molecule has 1 spiro atoms. The molecule has 4 rings (SSSR count). The number of carbonyl (C=O) groups excluding carboxylic acids is 1. The van der Waals surface area contributed by atoms with Gasteiger partial charge in [-0.3, -0.25) is 9.79 Å². The molecule has 0 unspecified atom stereocenters. The van der Waals surface area contributed by atoms with Crippen LogP contribution in [-0.4, -0.2) is 28.1 Å². The average Bonchev–Trinajstić information content (AvgIpc) is 3.32. The highest BCUT2D eigenvalue weighted by atomic mass is 35.5. The minimum Gasteiger partial charge on any atom is -0.325 e. The second-order valence-electron chi connectivity index (χ2n) is 7.83. The molecule has 1 aliphatic heterocycles. The largest absolute Gasteiger partial charge is 0.325 e. The van der Waals surface area contributed by atoms with Crippen molar-refractivity contribution in [3.63, 3.8) is 0 Å². The maximum absolute atomic E-state index is 12.6. The molecule has 1 N–H and O–H groups in total. The highest BCUT2D eigenvalue weighted by Gasteiger charge is 2.39. The number of benzene rings is 2. The van der Waals surface area contributed by atoms with Crippen LogP contribution in [-0.2, 0) is 4.79 Å². The van der Waals surface area contributed by atoms with Crippen molar-refractivity contribution in [2.45, 2.75) is 45.2 Å². The van der Waals surface area contributed by atoms with Crippen LogP contribution in [0.25, 0.3) is 0 Å². The summed E-state index contributed by atoms with van der Waals surface area (Å²) in [5, 5.41) is 4.76. The van der Waals surface area contributed by atoms with E-state index in [9.17, 15) is 4.79 Å². The van der Waals surface area contributed by atoms with E-state index in [0.717, 1.165) is 53.3 Å². The summed E-state index contributed by atoms with van der Waals surface area (Å²) in [5.41, 5.74) is 4.47. The molecule has 4 nitrogen and oxygen atoms in total. The van der Waals surface area contributed by atoms with Crippen molar-refractivity contribution in [1.82, 2.24) is 0 Å². The number of aryl methyl sites for hydroxylation is 2. The van der Waals surface area contributed by atoms with Crippen LogP contribution in [0.5, 0.6) is 0 Å². The van der Waals surface area contributed by atoms with E-state index < -0.39 is 0 Å². The predicted molar refractivity (Wildman–Crippen MR) is 129 cm³/mol. The van der Waals surface area contributed by atoms with Crippen molar-refractivity contribution in [3.05, 3.63) is 63.1 Å². The van der Waals surface area contributed by atoms with Crippen molar-refractivity contribution >= 4 is 57.3 Å². The van der Waals surface area contributed by atoms with Crippen LogP contribution in [0.4, 0.5) is 5.69 Å². The number of anilines is 1. The van der Waals surface area contributed by atoms with E-state index >= 15 is 0 Å². The first-order valence-electron chi connectivity index (χ1n) is 10.0. The van der Waals surface area contributed by atoms with Gasteiger partial charge >= 0.3 is 0 Å². The number of hydrogen-bond donors (Lipinski definition) is 1. The lowest BCUT2D eigenvalue weighted by molar-refractivity contribution is -0.113. The predicted octanol–water partition coefficient (Wildman–Crippen LogP) is 6.45. The van der Waals surface area contributed by atoms with Crippen LogP contribution in [0.3, 0.4) is 0 Å². The lowest BCUT2D eigenvalue weighted by atomic mass is 10.1. The summed E-state index contributed by atoms with van der Waals surface area (Å²) in [4.78, 5) is 22.5. The molecule has 156 valence electrons. The number of amides is 1. The van der Waals surface area contributed by atoms with Crippen LogP contribution >= 0.6 is 35.0 Å². The Morgan fingerprint density at radius 3 is 2.50 bits per heavy atom. The molecule has 2 aromatic rings. The summed E-state index contributed by atoms with van der Waals surface area (Å²) in [7, 11) is 0. The van der Waals surface area contributed by atoms with Gasteiger partial charge in [0.1, 0.15) is 5.04 Å². The van der Waals surface area contributed by atoms with E-state index in [1.54, 1.807) is 6.07 Å². The third-order valence-corrected chi connectivity index (χ3v) is 7.26. The van der Waals surface area contributed by atoms with Crippen LogP contribution in [0.2, 0.25) is 10.0 Å². The number of rotatable bonds is 4. The Hall–Kier alpha value is -1.82. The molecule has 7 heteroatoms. The molecule has 0 saturated heterocycles. The van der Waals surface area contributed by atoms with E-state index in [0.29, 0.717) is 10.0 Å². The molecule has 0 radical (unpaired) electrons. The Morgan fingerprint density at radius 2 is 1.80 bits per heavy atom. The van der Waals surface area contributed by atoms with Gasteiger partial charge in [-0.25, -0.2) is 4.99 Å². The first-order valence-corrected chi connectivity index (χ1v) is 11.7. The normalized spacial score (nSPS) is 17.2. The summed E-state index contributed by atoms with van der Waals surface area (Å²) < 4.78 is 0. The lowest BCUT2D eigenvalue weighted by Gasteiger charge is -2.14. The second kappa shape index (κ2) is 8.74. The molecular formula is C23H23Cl2N3OS. The molecule has 1 fully saturated rings. The lowest BCUT2D eigenvalue weighted by Crippen LogP contribution is -2.18. The molecule has 0 atom stereocenters. The standard InChI is InChI=1S/C23H23Cl2N3OS/c1-14-5-7-17(11-15(14)2)26-20(29)13-30-22-21(16-6-8-18(24)19(25)12-16)27-23(28-22)9-3-4-10-23/h5-8,11-12H,3-4,9-10,13H2,1-2H3,(H,26,29). The first kappa shape index (κ1) is 21.4. The quantitative estimate of drug-likeness (QED) is 0.570. The van der Waals surface area contributed by atoms with Crippen molar-refractivity contribution in [2.75, 3.05) is 11.1 Å². The molecular weight excluding hydrogens is 437 g/mol. The number of carbonyl (C=O) groups is 1. The van der Waals surface area contributed by atoms with Gasteiger partial charge in [0.25, 0.3) is 0 Å². The van der Waals surface area contributed by atoms with Crippen molar-refractivity contribution in [1.29, 1.82) is 0 Å². The smallest absolute Gasteiger partial charge is 0.234 e. The van der Waals surface area contributed by atoms with Crippen LogP contribution in [0.15, 0.2) is 46.4 Å². The summed E-state index contributed by atoms with van der Waals surface area (Å²) in [6.45, 7) is 4.09. The molecule has 1 aliphatic carbocycles. The molecule has 2 aromatic carbocycles. The van der Waals surface area contributed by atoms with E-state index in [-0.39, 0.29) is 17.3 Å². The van der Waals surface area contributed by atoms with Crippen molar-refractivity contribution < 1.29 is 4.79 Å². The first-order chi connectivity index (χ1) is 14.3. The Bertz CT molecular complexity index is 1060. The van der Waals surface area contributed by atoms with Crippen molar-refractivity contribution in [3.8, 4) is 0 Å². The third-order valence-electron chi connectivity index (χ3n) is 5.56. The molecule has 2 aliphatic rings. The fourth-order valence-corrected chi connectivity index (χ4v) is 4.94. The number of halogens is 2. The van der Waals surface area contributed by atoms with Gasteiger partial charge in [0.15, 0.2) is 5.66 Å². The highest BCUT2D eigenvalue weighted by molar-refractivity contribution is 8.16. The van der Waals surface area contributed by atoms with Gasteiger partial charge < -0.3 is 5.32 Å². The average molecular weight is 460 g/mol. The summed E-state index contributed by atoms with van der Waals surface area (Å²) in [6, 6.07) is 11.4. The minimum absolute atomic E-state index is 0.0631. The Morgan fingerprint density at radius 1 is 1.03 bits per heavy atom. The maximum Gasteiger partial charge on any atom is 0.234 e. The fraction of sp³-hybridized carbons (Fsp3) is 0.348. The maximum atomic E-state index is 12.6. The van der Waals surface area contributed by atoms with Gasteiger partial charge in [-0.15, -0.1) is 0 Å². The SMILES string of the molecule is Cc1ccc(NC(=O)CSC2=NC3(CCCC3)N=C2c2ccc(Cl)c(Cl)c2)cc1C. The summed E-state index contributed by atoms with van der Waals surface area (Å²) in [5.74, 6) is 0.203. The van der Waals surface area contributed by atoms with Crippen LogP contribution in [0, 0.1) is 13.8 Å². The van der Waals surface area contributed by atoms with Gasteiger partial charge in [-0.05, 0) is 74.9 Å². The minimum atomic E-state index is -0.381. The third kappa shape index (κ3) is 4.58. The number of aliphatic imine (C=N–C) groups is 2. The number of nitrogens with zero attached hydrogens (tertiary/aromatic N) is 2. The number of hydrogen-bond acceptors (Lipinski definition) is 4. The topological polar surface area (TPSA) is 53.8 Å². The van der Waals surface area contributed by atoms with Gasteiger partial charge in [0.05, 0.1) is 21.5 Å². The molecule has 0 bridgehead atoms. The van der Waals surface area contributed by atoms with Crippen LogP contribution < -0.4 is 5.32 Å². The van der Waals surface area contributed by atoms with E-state index in [1.807, 2.05) is 37.3 Å². The summed E-state index contributed by atoms with van der Waals surface area (Å²) >= 11 is 13.7. The van der Waals surface area contributed by atoms with Crippen molar-refractivity contribution in [2.24, 2.45) is 9.98 Å². The van der Waals surface area contributed by atoms with Gasteiger partial charge in [-0.2, -0.15) is 0 Å². The highest BCUT2D eigenvalue weighted by Crippen LogP contribution is 2.40. The molecule has 0 aromatic heterocycles. The Kier molecular flexibility index (Phi) is 6.24. The zero-order valence-corrected chi connectivity index (χ0v) is 19.3.